The monoisotopic (exact) mass is 380 g/mol. The number of carbonyl (C=O) groups excluding carboxylic acids is 1. The Labute approximate surface area is 153 Å². The number of rotatable bonds is 7. The molecule has 0 spiro atoms. The third-order valence-electron chi connectivity index (χ3n) is 3.78. The van der Waals surface area contributed by atoms with Gasteiger partial charge in [-0.05, 0) is 30.2 Å². The first-order valence-corrected chi connectivity index (χ1v) is 10.0. The van der Waals surface area contributed by atoms with Gasteiger partial charge in [-0.3, -0.25) is 9.10 Å². The van der Waals surface area contributed by atoms with Crippen molar-refractivity contribution in [2.45, 2.75) is 19.9 Å². The fraction of sp³-hybridized carbons (Fsp3) is 0.278. The quantitative estimate of drug-likeness (QED) is 0.802. The van der Waals surface area contributed by atoms with Gasteiger partial charge in [-0.2, -0.15) is 0 Å². The highest BCUT2D eigenvalue weighted by atomic mass is 35.5. The summed E-state index contributed by atoms with van der Waals surface area (Å²) in [7, 11) is -3.53. The Morgan fingerprint density at radius 2 is 1.80 bits per heavy atom. The second-order valence-electron chi connectivity index (χ2n) is 5.73. The Bertz CT molecular complexity index is 839. The first kappa shape index (κ1) is 19.3. The highest BCUT2D eigenvalue weighted by Crippen LogP contribution is 2.28. The highest BCUT2D eigenvalue weighted by molar-refractivity contribution is 7.92. The number of halogens is 1. The lowest BCUT2D eigenvalue weighted by Crippen LogP contribution is -2.35. The maximum absolute atomic E-state index is 12.1. The molecule has 0 aliphatic carbocycles. The van der Waals surface area contributed by atoms with E-state index in [9.17, 15) is 13.2 Å². The van der Waals surface area contributed by atoms with E-state index in [1.54, 1.807) is 25.1 Å². The number of nitrogens with one attached hydrogen (secondary N) is 1. The zero-order chi connectivity index (χ0) is 18.4. The highest BCUT2D eigenvalue weighted by Gasteiger charge is 2.21. The molecule has 134 valence electrons. The second-order valence-corrected chi connectivity index (χ2v) is 8.05. The molecule has 1 N–H and O–H groups in total. The summed E-state index contributed by atoms with van der Waals surface area (Å²) < 4.78 is 25.5. The summed E-state index contributed by atoms with van der Waals surface area (Å²) in [6, 6.07) is 14.6. The lowest BCUT2D eigenvalue weighted by molar-refractivity contribution is -0.121. The van der Waals surface area contributed by atoms with Gasteiger partial charge in [0, 0.05) is 24.5 Å². The van der Waals surface area contributed by atoms with E-state index in [2.05, 4.69) is 5.32 Å². The van der Waals surface area contributed by atoms with E-state index < -0.39 is 10.0 Å². The van der Waals surface area contributed by atoms with Crippen LogP contribution in [0.5, 0.6) is 0 Å². The van der Waals surface area contributed by atoms with Crippen LogP contribution in [-0.2, 0) is 21.4 Å². The summed E-state index contributed by atoms with van der Waals surface area (Å²) in [6.07, 6.45) is 1.18. The van der Waals surface area contributed by atoms with Gasteiger partial charge in [-0.15, -0.1) is 0 Å². The van der Waals surface area contributed by atoms with Gasteiger partial charge in [-0.1, -0.05) is 48.0 Å². The predicted molar refractivity (Wildman–Crippen MR) is 101 cm³/mol. The van der Waals surface area contributed by atoms with Crippen LogP contribution < -0.4 is 9.62 Å². The smallest absolute Gasteiger partial charge is 0.232 e. The Morgan fingerprint density at radius 3 is 2.44 bits per heavy atom. The number of carbonyl (C=O) groups is 1. The molecule has 2 aromatic rings. The lowest BCUT2D eigenvalue weighted by atomic mass is 10.2. The van der Waals surface area contributed by atoms with E-state index in [0.717, 1.165) is 11.8 Å². The van der Waals surface area contributed by atoms with Crippen molar-refractivity contribution in [3.63, 3.8) is 0 Å². The molecule has 0 radical (unpaired) electrons. The molecule has 0 bridgehead atoms. The van der Waals surface area contributed by atoms with Gasteiger partial charge in [-0.25, -0.2) is 8.42 Å². The van der Waals surface area contributed by atoms with Gasteiger partial charge in [0.05, 0.1) is 11.9 Å². The van der Waals surface area contributed by atoms with Crippen LogP contribution in [0.3, 0.4) is 0 Å². The summed E-state index contributed by atoms with van der Waals surface area (Å²) in [6.45, 7) is 2.22. The molecule has 0 aromatic heterocycles. The maximum atomic E-state index is 12.1. The van der Waals surface area contributed by atoms with Crippen molar-refractivity contribution in [1.29, 1.82) is 0 Å². The number of sulfonamides is 1. The lowest BCUT2D eigenvalue weighted by Gasteiger charge is -2.24. The first-order valence-electron chi connectivity index (χ1n) is 7.82. The van der Waals surface area contributed by atoms with Gasteiger partial charge >= 0.3 is 0 Å². The molecular formula is C18H21ClN2O3S. The first-order chi connectivity index (χ1) is 11.8. The van der Waals surface area contributed by atoms with Crippen molar-refractivity contribution in [3.05, 3.63) is 64.7 Å². The average molecular weight is 381 g/mol. The molecule has 0 aliphatic rings. The van der Waals surface area contributed by atoms with Crippen molar-refractivity contribution in [2.75, 3.05) is 17.1 Å². The molecule has 2 aromatic carbocycles. The molecule has 0 aliphatic heterocycles. The van der Waals surface area contributed by atoms with Gasteiger partial charge < -0.3 is 5.32 Å². The van der Waals surface area contributed by atoms with Gasteiger partial charge in [0.15, 0.2) is 0 Å². The molecule has 5 nitrogen and oxygen atoms in total. The second kappa shape index (κ2) is 8.36. The SMILES string of the molecule is Cc1c(Cl)cccc1N(CCC(=O)NCc1ccccc1)S(C)(=O)=O. The summed E-state index contributed by atoms with van der Waals surface area (Å²) in [5.41, 5.74) is 2.15. The zero-order valence-corrected chi connectivity index (χ0v) is 15.8. The Balaban J connectivity index is 2.03. The van der Waals surface area contributed by atoms with E-state index in [0.29, 0.717) is 22.8 Å². The fourth-order valence-electron chi connectivity index (χ4n) is 2.42. The van der Waals surface area contributed by atoms with Crippen molar-refractivity contribution in [3.8, 4) is 0 Å². The number of hydrogen-bond donors (Lipinski definition) is 1. The molecule has 0 unspecified atom stereocenters. The minimum absolute atomic E-state index is 0.0562. The molecular weight excluding hydrogens is 360 g/mol. The molecule has 0 saturated heterocycles. The summed E-state index contributed by atoms with van der Waals surface area (Å²) in [5.74, 6) is -0.211. The number of nitrogens with zero attached hydrogens (tertiary/aromatic N) is 1. The molecule has 0 fully saturated rings. The van der Waals surface area contributed by atoms with Crippen LogP contribution in [0.4, 0.5) is 5.69 Å². The topological polar surface area (TPSA) is 66.5 Å². The minimum Gasteiger partial charge on any atom is -0.352 e. The van der Waals surface area contributed by atoms with E-state index in [1.165, 1.54) is 4.31 Å². The number of benzene rings is 2. The fourth-order valence-corrected chi connectivity index (χ4v) is 3.57. The number of anilines is 1. The minimum atomic E-state index is -3.53. The predicted octanol–water partition coefficient (Wildman–Crippen LogP) is 3.12. The number of hydrogen-bond acceptors (Lipinski definition) is 3. The molecule has 0 heterocycles. The number of amides is 1. The average Bonchev–Trinajstić information content (AvgIpc) is 2.56. The molecule has 0 saturated carbocycles. The van der Waals surface area contributed by atoms with Crippen molar-refractivity contribution < 1.29 is 13.2 Å². The Hall–Kier alpha value is -2.05. The van der Waals surface area contributed by atoms with E-state index in [4.69, 9.17) is 11.6 Å². The van der Waals surface area contributed by atoms with Crippen LogP contribution in [-0.4, -0.2) is 27.1 Å². The van der Waals surface area contributed by atoms with Crippen molar-refractivity contribution in [2.24, 2.45) is 0 Å². The van der Waals surface area contributed by atoms with Gasteiger partial charge in [0.2, 0.25) is 15.9 Å². The van der Waals surface area contributed by atoms with Crippen molar-refractivity contribution in [1.82, 2.24) is 5.32 Å². The Morgan fingerprint density at radius 1 is 1.12 bits per heavy atom. The molecule has 1 amide bonds. The third-order valence-corrected chi connectivity index (χ3v) is 5.37. The maximum Gasteiger partial charge on any atom is 0.232 e. The van der Waals surface area contributed by atoms with Crippen LogP contribution >= 0.6 is 11.6 Å². The standard InChI is InChI=1S/C18H21ClN2O3S/c1-14-16(19)9-6-10-17(14)21(25(2,23)24)12-11-18(22)20-13-15-7-4-3-5-8-15/h3-10H,11-13H2,1-2H3,(H,20,22). The normalized spacial score (nSPS) is 11.2. The molecule has 2 rings (SSSR count). The summed E-state index contributed by atoms with van der Waals surface area (Å²) in [5, 5.41) is 3.28. The van der Waals surface area contributed by atoms with Crippen LogP contribution in [0.15, 0.2) is 48.5 Å². The van der Waals surface area contributed by atoms with Crippen LogP contribution in [0, 0.1) is 6.92 Å². The van der Waals surface area contributed by atoms with E-state index in [-0.39, 0.29) is 18.9 Å². The van der Waals surface area contributed by atoms with E-state index in [1.807, 2.05) is 30.3 Å². The largest absolute Gasteiger partial charge is 0.352 e. The van der Waals surface area contributed by atoms with Crippen LogP contribution in [0.2, 0.25) is 5.02 Å². The van der Waals surface area contributed by atoms with Gasteiger partial charge in [0.1, 0.15) is 0 Å². The summed E-state index contributed by atoms with van der Waals surface area (Å²) >= 11 is 6.09. The molecule has 0 atom stereocenters. The van der Waals surface area contributed by atoms with Crippen molar-refractivity contribution >= 4 is 33.2 Å². The zero-order valence-electron chi connectivity index (χ0n) is 14.2. The third kappa shape index (κ3) is 5.47. The molecule has 7 heteroatoms. The van der Waals surface area contributed by atoms with E-state index >= 15 is 0 Å². The van der Waals surface area contributed by atoms with Crippen LogP contribution in [0.25, 0.3) is 0 Å². The van der Waals surface area contributed by atoms with Crippen LogP contribution in [0.1, 0.15) is 17.5 Å². The molecule has 25 heavy (non-hydrogen) atoms. The summed E-state index contributed by atoms with van der Waals surface area (Å²) in [4.78, 5) is 12.1. The Kier molecular flexibility index (Phi) is 6.45. The van der Waals surface area contributed by atoms with Gasteiger partial charge in [0.25, 0.3) is 0 Å².